The van der Waals surface area contributed by atoms with Gasteiger partial charge in [-0.2, -0.15) is 0 Å². The molecule has 1 atom stereocenters. The highest BCUT2D eigenvalue weighted by Crippen LogP contribution is 2.32. The van der Waals surface area contributed by atoms with Gasteiger partial charge in [-0.15, -0.1) is 11.3 Å². The molecule has 3 aromatic heterocycles. The standard InChI is InChI=1S/C21H19FN4OS/c22-14-3-1-2-13(10-14)11-15(12-23)26-21(27)19-5-4-18(28-19)16-6-8-24-20-17(16)7-9-25-20/h1-10,15H,11-12,23H2,(H,24,25)(H,26,27)/t15-/m0/s1. The molecule has 0 radical (unpaired) electrons. The Morgan fingerprint density at radius 2 is 2.14 bits per heavy atom. The molecule has 0 spiro atoms. The molecule has 142 valence electrons. The number of benzene rings is 1. The Morgan fingerprint density at radius 1 is 1.25 bits per heavy atom. The number of hydrogen-bond acceptors (Lipinski definition) is 4. The maximum atomic E-state index is 13.4. The largest absolute Gasteiger partial charge is 0.347 e. The number of H-pyrrole nitrogens is 1. The van der Waals surface area contributed by atoms with Crippen LogP contribution >= 0.6 is 11.3 Å². The van der Waals surface area contributed by atoms with Gasteiger partial charge in [-0.25, -0.2) is 9.37 Å². The fraction of sp³-hybridized carbons (Fsp3) is 0.143. The Bertz CT molecular complexity index is 1120. The average molecular weight is 394 g/mol. The number of nitrogens with two attached hydrogens (primary N) is 1. The SMILES string of the molecule is NC[C@H](Cc1cccc(F)c1)NC(=O)c1ccc(-c2ccnc3[nH]ccc23)s1. The van der Waals surface area contributed by atoms with Gasteiger partial charge in [0.2, 0.25) is 0 Å². The first-order chi connectivity index (χ1) is 13.6. The second kappa shape index (κ2) is 7.92. The molecular formula is C21H19FN4OS. The number of pyridine rings is 1. The van der Waals surface area contributed by atoms with Crippen LogP contribution < -0.4 is 11.1 Å². The minimum Gasteiger partial charge on any atom is -0.347 e. The first-order valence-corrected chi connectivity index (χ1v) is 9.73. The van der Waals surface area contributed by atoms with Crippen molar-refractivity contribution in [1.29, 1.82) is 0 Å². The lowest BCUT2D eigenvalue weighted by atomic mass is 10.1. The number of aromatic amines is 1. The monoisotopic (exact) mass is 394 g/mol. The molecule has 7 heteroatoms. The van der Waals surface area contributed by atoms with Gasteiger partial charge in [-0.1, -0.05) is 12.1 Å². The Balaban J connectivity index is 1.50. The van der Waals surface area contributed by atoms with E-state index < -0.39 is 0 Å². The summed E-state index contributed by atoms with van der Waals surface area (Å²) in [6.07, 6.45) is 4.07. The second-order valence-corrected chi connectivity index (χ2v) is 7.59. The molecule has 1 amide bonds. The van der Waals surface area contributed by atoms with Gasteiger partial charge in [0.1, 0.15) is 11.5 Å². The first kappa shape index (κ1) is 18.3. The maximum absolute atomic E-state index is 13.4. The molecule has 0 fully saturated rings. The van der Waals surface area contributed by atoms with Gasteiger partial charge in [0.25, 0.3) is 5.91 Å². The predicted octanol–water partition coefficient (Wildman–Crippen LogP) is 3.73. The Kier molecular flexibility index (Phi) is 5.18. The van der Waals surface area contributed by atoms with Crippen molar-refractivity contribution >= 4 is 28.3 Å². The van der Waals surface area contributed by atoms with E-state index in [0.29, 0.717) is 11.3 Å². The summed E-state index contributed by atoms with van der Waals surface area (Å²) in [5.41, 5.74) is 8.46. The third-order valence-electron chi connectivity index (χ3n) is 4.55. The number of carbonyl (C=O) groups is 1. The van der Waals surface area contributed by atoms with E-state index in [2.05, 4.69) is 15.3 Å². The summed E-state index contributed by atoms with van der Waals surface area (Å²) < 4.78 is 13.4. The summed E-state index contributed by atoms with van der Waals surface area (Å²) in [6.45, 7) is 0.273. The topological polar surface area (TPSA) is 83.8 Å². The molecular weight excluding hydrogens is 375 g/mol. The quantitative estimate of drug-likeness (QED) is 0.466. The molecule has 4 rings (SSSR count). The van der Waals surface area contributed by atoms with E-state index in [-0.39, 0.29) is 24.3 Å². The van der Waals surface area contributed by atoms with Crippen LogP contribution in [0.1, 0.15) is 15.2 Å². The lowest BCUT2D eigenvalue weighted by Crippen LogP contribution is -2.41. The molecule has 0 saturated carbocycles. The van der Waals surface area contributed by atoms with E-state index in [4.69, 9.17) is 5.73 Å². The predicted molar refractivity (Wildman–Crippen MR) is 110 cm³/mol. The molecule has 5 nitrogen and oxygen atoms in total. The number of fused-ring (bicyclic) bond motifs is 1. The number of halogens is 1. The van der Waals surface area contributed by atoms with Crippen LogP contribution in [0.2, 0.25) is 0 Å². The minimum atomic E-state index is -0.295. The molecule has 1 aromatic carbocycles. The molecule has 0 aliphatic carbocycles. The van der Waals surface area contributed by atoms with Gasteiger partial charge >= 0.3 is 0 Å². The van der Waals surface area contributed by atoms with Gasteiger partial charge in [0, 0.05) is 40.8 Å². The Morgan fingerprint density at radius 3 is 2.96 bits per heavy atom. The number of thiophene rings is 1. The van der Waals surface area contributed by atoms with Crippen molar-refractivity contribution in [2.24, 2.45) is 5.73 Å². The van der Waals surface area contributed by atoms with E-state index in [1.807, 2.05) is 36.5 Å². The van der Waals surface area contributed by atoms with Crippen LogP contribution in [0.25, 0.3) is 21.5 Å². The van der Waals surface area contributed by atoms with Crippen molar-refractivity contribution in [2.75, 3.05) is 6.54 Å². The Hall–Kier alpha value is -3.03. The highest BCUT2D eigenvalue weighted by molar-refractivity contribution is 7.17. The molecule has 28 heavy (non-hydrogen) atoms. The van der Waals surface area contributed by atoms with Crippen LogP contribution in [0, 0.1) is 5.82 Å². The van der Waals surface area contributed by atoms with Crippen molar-refractivity contribution in [3.8, 4) is 10.4 Å². The van der Waals surface area contributed by atoms with Gasteiger partial charge in [-0.3, -0.25) is 4.79 Å². The number of amides is 1. The summed E-state index contributed by atoms with van der Waals surface area (Å²) in [6, 6.07) is 13.7. The smallest absolute Gasteiger partial charge is 0.261 e. The van der Waals surface area contributed by atoms with Gasteiger partial charge in [0.05, 0.1) is 4.88 Å². The number of nitrogens with zero attached hydrogens (tertiary/aromatic N) is 1. The summed E-state index contributed by atoms with van der Waals surface area (Å²) in [7, 11) is 0. The zero-order valence-electron chi connectivity index (χ0n) is 15.0. The van der Waals surface area contributed by atoms with E-state index in [1.54, 1.807) is 12.3 Å². The van der Waals surface area contributed by atoms with Gasteiger partial charge in [-0.05, 0) is 48.4 Å². The fourth-order valence-corrected chi connectivity index (χ4v) is 4.13. The Labute approximate surface area is 165 Å². The molecule has 0 saturated heterocycles. The number of carbonyl (C=O) groups excluding carboxylic acids is 1. The van der Waals surface area contributed by atoms with E-state index in [9.17, 15) is 9.18 Å². The molecule has 0 aliphatic heterocycles. The van der Waals surface area contributed by atoms with Crippen molar-refractivity contribution < 1.29 is 9.18 Å². The fourth-order valence-electron chi connectivity index (χ4n) is 3.18. The highest BCUT2D eigenvalue weighted by atomic mass is 32.1. The number of rotatable bonds is 6. The third kappa shape index (κ3) is 3.81. The van der Waals surface area contributed by atoms with Crippen molar-refractivity contribution in [3.63, 3.8) is 0 Å². The number of nitrogens with one attached hydrogen (secondary N) is 2. The lowest BCUT2D eigenvalue weighted by molar-refractivity contribution is 0.0942. The van der Waals surface area contributed by atoms with Crippen LogP contribution in [-0.4, -0.2) is 28.5 Å². The highest BCUT2D eigenvalue weighted by Gasteiger charge is 2.16. The van der Waals surface area contributed by atoms with E-state index in [1.165, 1.54) is 23.5 Å². The zero-order valence-corrected chi connectivity index (χ0v) is 15.8. The number of hydrogen-bond donors (Lipinski definition) is 3. The summed E-state index contributed by atoms with van der Waals surface area (Å²) >= 11 is 1.42. The molecule has 4 aromatic rings. The van der Waals surface area contributed by atoms with Crippen LogP contribution in [0.15, 0.2) is 60.9 Å². The van der Waals surface area contributed by atoms with Crippen molar-refractivity contribution in [3.05, 3.63) is 77.2 Å². The molecule has 0 bridgehead atoms. The lowest BCUT2D eigenvalue weighted by Gasteiger charge is -2.16. The van der Waals surface area contributed by atoms with E-state index >= 15 is 0 Å². The minimum absolute atomic E-state index is 0.178. The van der Waals surface area contributed by atoms with Gasteiger partial charge in [0.15, 0.2) is 0 Å². The summed E-state index contributed by atoms with van der Waals surface area (Å²) in [5, 5.41) is 3.97. The number of aromatic nitrogens is 2. The molecule has 3 heterocycles. The van der Waals surface area contributed by atoms with Crippen LogP contribution in [0.4, 0.5) is 4.39 Å². The van der Waals surface area contributed by atoms with Crippen molar-refractivity contribution in [1.82, 2.24) is 15.3 Å². The summed E-state index contributed by atoms with van der Waals surface area (Å²) in [5.74, 6) is -0.474. The molecule has 0 unspecified atom stereocenters. The van der Waals surface area contributed by atoms with Gasteiger partial charge < -0.3 is 16.0 Å². The van der Waals surface area contributed by atoms with Crippen LogP contribution in [0.3, 0.4) is 0 Å². The first-order valence-electron chi connectivity index (χ1n) is 8.91. The third-order valence-corrected chi connectivity index (χ3v) is 5.66. The van der Waals surface area contributed by atoms with Crippen LogP contribution in [-0.2, 0) is 6.42 Å². The normalized spacial score (nSPS) is 12.2. The van der Waals surface area contributed by atoms with Crippen molar-refractivity contribution in [2.45, 2.75) is 12.5 Å². The molecule has 4 N–H and O–H groups in total. The average Bonchev–Trinajstić information content (AvgIpc) is 3.36. The second-order valence-electron chi connectivity index (χ2n) is 6.50. The zero-order chi connectivity index (χ0) is 19.5. The van der Waals surface area contributed by atoms with Crippen LogP contribution in [0.5, 0.6) is 0 Å². The molecule has 0 aliphatic rings. The summed E-state index contributed by atoms with van der Waals surface area (Å²) in [4.78, 5) is 21.7. The van der Waals surface area contributed by atoms with E-state index in [0.717, 1.165) is 27.0 Å². The maximum Gasteiger partial charge on any atom is 0.261 e.